The van der Waals surface area contributed by atoms with E-state index in [-0.39, 0.29) is 12.5 Å². The Morgan fingerprint density at radius 1 is 1.06 bits per heavy atom. The van der Waals surface area contributed by atoms with Crippen LogP contribution in [0.1, 0.15) is 36.7 Å². The van der Waals surface area contributed by atoms with E-state index in [1.807, 2.05) is 31.2 Å². The second-order valence-corrected chi connectivity index (χ2v) is 9.13. The zero-order valence-electron chi connectivity index (χ0n) is 19.7. The summed E-state index contributed by atoms with van der Waals surface area (Å²) in [7, 11) is 0. The summed E-state index contributed by atoms with van der Waals surface area (Å²) in [5.41, 5.74) is 5.32. The highest BCUT2D eigenvalue weighted by Crippen LogP contribution is 2.34. The summed E-state index contributed by atoms with van der Waals surface area (Å²) in [4.78, 5) is 17.5. The largest absolute Gasteiger partial charge is 0.484 e. The van der Waals surface area contributed by atoms with E-state index in [1.165, 1.54) is 24.1 Å². The average molecular weight is 448 g/mol. The normalized spacial score (nSPS) is 16.6. The van der Waals surface area contributed by atoms with Crippen LogP contribution < -0.4 is 15.0 Å². The quantitative estimate of drug-likeness (QED) is 0.589. The first-order chi connectivity index (χ1) is 16.1. The number of piperazine rings is 1. The number of ether oxygens (including phenoxy) is 1. The van der Waals surface area contributed by atoms with Crippen LogP contribution in [0, 0.1) is 6.92 Å². The van der Waals surface area contributed by atoms with Crippen LogP contribution in [0.5, 0.6) is 5.75 Å². The summed E-state index contributed by atoms with van der Waals surface area (Å²) in [6, 6.07) is 12.1. The van der Waals surface area contributed by atoms with Gasteiger partial charge in [-0.05, 0) is 74.7 Å². The number of amides is 1. The lowest BCUT2D eigenvalue weighted by Crippen LogP contribution is -2.46. The number of hydrogen-bond acceptors (Lipinski definition) is 5. The van der Waals surface area contributed by atoms with Crippen molar-refractivity contribution in [3.05, 3.63) is 53.3 Å². The van der Waals surface area contributed by atoms with Crippen LogP contribution in [-0.2, 0) is 17.6 Å². The Kier molecular flexibility index (Phi) is 6.27. The third kappa shape index (κ3) is 4.71. The zero-order valence-corrected chi connectivity index (χ0v) is 19.7. The molecule has 1 N–H and O–H groups in total. The van der Waals surface area contributed by atoms with Crippen LogP contribution in [0.2, 0.25) is 0 Å². The van der Waals surface area contributed by atoms with Crippen molar-refractivity contribution in [2.75, 3.05) is 49.5 Å². The molecule has 1 aliphatic carbocycles. The molecule has 1 amide bonds. The Balaban J connectivity index is 1.19. The summed E-state index contributed by atoms with van der Waals surface area (Å²) < 4.78 is 11.8. The second kappa shape index (κ2) is 9.48. The van der Waals surface area contributed by atoms with Crippen LogP contribution in [-0.4, -0.2) is 50.1 Å². The van der Waals surface area contributed by atoms with Crippen molar-refractivity contribution in [3.8, 4) is 5.75 Å². The first-order valence-corrected chi connectivity index (χ1v) is 12.2. The van der Waals surface area contributed by atoms with Crippen LogP contribution in [0.15, 0.2) is 40.8 Å². The van der Waals surface area contributed by atoms with E-state index in [0.29, 0.717) is 5.75 Å². The molecule has 2 aliphatic rings. The maximum atomic E-state index is 12.6. The van der Waals surface area contributed by atoms with E-state index in [0.717, 1.165) is 73.5 Å². The van der Waals surface area contributed by atoms with Crippen LogP contribution in [0.25, 0.3) is 11.0 Å². The highest BCUT2D eigenvalue weighted by molar-refractivity contribution is 5.93. The number of carbonyl (C=O) groups is 1. The lowest BCUT2D eigenvalue weighted by Gasteiger charge is -2.35. The third-order valence-electron chi connectivity index (χ3n) is 6.97. The fourth-order valence-corrected chi connectivity index (χ4v) is 4.97. The molecule has 0 atom stereocenters. The molecular weight excluding hydrogens is 414 g/mol. The van der Waals surface area contributed by atoms with Gasteiger partial charge < -0.3 is 24.3 Å². The standard InChI is InChI=1S/C27H33N3O3/c1-3-29-12-14-30(15-13-29)20-8-10-24(19(2)16-20)28-27(31)18-32-21-9-11-26-23(17-21)22-6-4-5-7-25(22)33-26/h8-11,16-17H,3-7,12-15,18H2,1-2H3,(H,28,31). The summed E-state index contributed by atoms with van der Waals surface area (Å²) >= 11 is 0. The number of carbonyl (C=O) groups excluding carboxylic acids is 1. The lowest BCUT2D eigenvalue weighted by atomic mass is 9.96. The van der Waals surface area contributed by atoms with Crippen molar-refractivity contribution in [3.63, 3.8) is 0 Å². The van der Waals surface area contributed by atoms with Crippen molar-refractivity contribution in [2.45, 2.75) is 39.5 Å². The number of anilines is 2. The molecule has 2 aromatic carbocycles. The van der Waals surface area contributed by atoms with Gasteiger partial charge in [0.15, 0.2) is 6.61 Å². The van der Waals surface area contributed by atoms with Crippen molar-refractivity contribution in [1.82, 2.24) is 4.90 Å². The Bertz CT molecular complexity index is 1140. The molecule has 0 bridgehead atoms. The van der Waals surface area contributed by atoms with Gasteiger partial charge in [0.25, 0.3) is 5.91 Å². The maximum absolute atomic E-state index is 12.6. The number of fused-ring (bicyclic) bond motifs is 3. The van der Waals surface area contributed by atoms with E-state index < -0.39 is 0 Å². The minimum absolute atomic E-state index is 0.0221. The number of likely N-dealkylation sites (N-methyl/N-ethyl adjacent to an activating group) is 1. The van der Waals surface area contributed by atoms with Crippen LogP contribution >= 0.6 is 0 Å². The molecule has 0 saturated carbocycles. The molecule has 0 spiro atoms. The van der Waals surface area contributed by atoms with Gasteiger partial charge in [-0.1, -0.05) is 6.92 Å². The molecule has 6 heteroatoms. The smallest absolute Gasteiger partial charge is 0.262 e. The van der Waals surface area contributed by atoms with Crippen molar-refractivity contribution in [2.24, 2.45) is 0 Å². The third-order valence-corrected chi connectivity index (χ3v) is 6.97. The average Bonchev–Trinajstić information content (AvgIpc) is 3.22. The van der Waals surface area contributed by atoms with E-state index in [9.17, 15) is 4.79 Å². The predicted molar refractivity (Wildman–Crippen MR) is 132 cm³/mol. The van der Waals surface area contributed by atoms with Gasteiger partial charge >= 0.3 is 0 Å². The molecular formula is C27H33N3O3. The van der Waals surface area contributed by atoms with E-state index in [4.69, 9.17) is 9.15 Å². The SMILES string of the molecule is CCN1CCN(c2ccc(NC(=O)COc3ccc4oc5c(c4c3)CCCC5)c(C)c2)CC1. The highest BCUT2D eigenvalue weighted by Gasteiger charge is 2.19. The zero-order chi connectivity index (χ0) is 22.8. The molecule has 5 rings (SSSR count). The van der Waals surface area contributed by atoms with Crippen molar-refractivity contribution in [1.29, 1.82) is 0 Å². The van der Waals surface area contributed by atoms with Gasteiger partial charge in [-0.2, -0.15) is 0 Å². The van der Waals surface area contributed by atoms with Gasteiger partial charge in [-0.3, -0.25) is 4.79 Å². The Morgan fingerprint density at radius 3 is 2.67 bits per heavy atom. The summed E-state index contributed by atoms with van der Waals surface area (Å²) in [6.45, 7) is 9.61. The molecule has 1 aromatic heterocycles. The summed E-state index contributed by atoms with van der Waals surface area (Å²) in [5, 5.41) is 4.12. The molecule has 1 aliphatic heterocycles. The van der Waals surface area contributed by atoms with E-state index >= 15 is 0 Å². The fourth-order valence-electron chi connectivity index (χ4n) is 4.97. The lowest BCUT2D eigenvalue weighted by molar-refractivity contribution is -0.118. The fraction of sp³-hybridized carbons (Fsp3) is 0.444. The summed E-state index contributed by atoms with van der Waals surface area (Å²) in [6.07, 6.45) is 4.44. The molecule has 0 radical (unpaired) electrons. The van der Waals surface area contributed by atoms with Gasteiger partial charge in [-0.25, -0.2) is 0 Å². The molecule has 3 aromatic rings. The Hall–Kier alpha value is -2.99. The molecule has 174 valence electrons. The minimum atomic E-state index is -0.156. The Morgan fingerprint density at radius 2 is 1.88 bits per heavy atom. The number of benzene rings is 2. The first-order valence-electron chi connectivity index (χ1n) is 12.2. The van der Waals surface area contributed by atoms with Gasteiger partial charge in [0.05, 0.1) is 0 Å². The van der Waals surface area contributed by atoms with Crippen LogP contribution in [0.4, 0.5) is 11.4 Å². The number of nitrogens with one attached hydrogen (secondary N) is 1. The van der Waals surface area contributed by atoms with Crippen LogP contribution in [0.3, 0.4) is 0 Å². The Labute approximate surface area is 195 Å². The topological polar surface area (TPSA) is 58.0 Å². The van der Waals surface area contributed by atoms with Crippen molar-refractivity contribution < 1.29 is 13.9 Å². The number of furan rings is 1. The number of aryl methyl sites for hydroxylation is 3. The van der Waals surface area contributed by atoms with Gasteiger partial charge in [0, 0.05) is 54.9 Å². The maximum Gasteiger partial charge on any atom is 0.262 e. The van der Waals surface area contributed by atoms with Gasteiger partial charge in [0.2, 0.25) is 0 Å². The molecule has 33 heavy (non-hydrogen) atoms. The molecule has 1 saturated heterocycles. The number of nitrogens with zero attached hydrogens (tertiary/aromatic N) is 2. The minimum Gasteiger partial charge on any atom is -0.484 e. The first kappa shape index (κ1) is 21.8. The van der Waals surface area contributed by atoms with Gasteiger partial charge in [-0.15, -0.1) is 0 Å². The predicted octanol–water partition coefficient (Wildman–Crippen LogP) is 4.78. The monoisotopic (exact) mass is 447 g/mol. The molecule has 2 heterocycles. The molecule has 6 nitrogen and oxygen atoms in total. The molecule has 1 fully saturated rings. The van der Waals surface area contributed by atoms with Crippen molar-refractivity contribution >= 4 is 28.3 Å². The number of hydrogen-bond donors (Lipinski definition) is 1. The second-order valence-electron chi connectivity index (χ2n) is 9.13. The summed E-state index contributed by atoms with van der Waals surface area (Å²) in [5.74, 6) is 1.65. The highest BCUT2D eigenvalue weighted by atomic mass is 16.5. The van der Waals surface area contributed by atoms with E-state index in [1.54, 1.807) is 0 Å². The van der Waals surface area contributed by atoms with Gasteiger partial charge in [0.1, 0.15) is 17.1 Å². The van der Waals surface area contributed by atoms with E-state index in [2.05, 4.69) is 34.2 Å². The molecule has 0 unspecified atom stereocenters. The number of rotatable bonds is 6.